The van der Waals surface area contributed by atoms with Gasteiger partial charge in [-0.15, -0.1) is 11.3 Å². The molecule has 0 saturated heterocycles. The van der Waals surface area contributed by atoms with Crippen LogP contribution in [-0.4, -0.2) is 13.2 Å². The smallest absolute Gasteiger partial charge is 0.122 e. The first-order valence-corrected chi connectivity index (χ1v) is 9.09. The summed E-state index contributed by atoms with van der Waals surface area (Å²) < 4.78 is 6.85. The number of hydrogen-bond acceptors (Lipinski definition) is 3. The average molecular weight is 387 g/mol. The van der Waals surface area contributed by atoms with E-state index < -0.39 is 0 Å². The van der Waals surface area contributed by atoms with Gasteiger partial charge in [0.05, 0.1) is 21.5 Å². The zero-order valence-electron chi connectivity index (χ0n) is 11.7. The van der Waals surface area contributed by atoms with E-state index in [4.69, 9.17) is 16.3 Å². The van der Waals surface area contributed by atoms with Crippen LogP contribution in [0.3, 0.4) is 0 Å². The molecule has 2 nitrogen and oxygen atoms in total. The summed E-state index contributed by atoms with van der Waals surface area (Å²) in [6, 6.07) is 10.6. The molecule has 21 heavy (non-hydrogen) atoms. The summed E-state index contributed by atoms with van der Waals surface area (Å²) in [5.74, 6) is 1.34. The summed E-state index contributed by atoms with van der Waals surface area (Å²) in [6.45, 7) is 3.88. The van der Waals surface area contributed by atoms with Crippen molar-refractivity contribution in [2.24, 2.45) is 0 Å². The summed E-state index contributed by atoms with van der Waals surface area (Å²) in [5, 5.41) is 4.44. The van der Waals surface area contributed by atoms with Gasteiger partial charge in [-0.1, -0.05) is 36.7 Å². The second-order valence-corrected chi connectivity index (χ2v) is 7.97. The van der Waals surface area contributed by atoms with Crippen LogP contribution in [0.25, 0.3) is 0 Å². The van der Waals surface area contributed by atoms with E-state index in [-0.39, 0.29) is 6.04 Å². The van der Waals surface area contributed by atoms with Gasteiger partial charge in [-0.3, -0.25) is 0 Å². The SMILES string of the molecule is CCCNC(c1cc(Cl)c(Br)s1)C1COc2ccccc21. The summed E-state index contributed by atoms with van der Waals surface area (Å²) in [4.78, 5) is 1.26. The molecule has 0 spiro atoms. The average Bonchev–Trinajstić information content (AvgIpc) is 3.05. The molecule has 1 aliphatic heterocycles. The number of fused-ring (bicyclic) bond motifs is 1. The Morgan fingerprint density at radius 1 is 1.48 bits per heavy atom. The number of rotatable bonds is 5. The Labute approximate surface area is 142 Å². The van der Waals surface area contributed by atoms with E-state index in [9.17, 15) is 0 Å². The molecule has 0 aliphatic carbocycles. The molecule has 0 fully saturated rings. The van der Waals surface area contributed by atoms with Gasteiger partial charge in [0.15, 0.2) is 0 Å². The molecule has 3 rings (SSSR count). The van der Waals surface area contributed by atoms with E-state index in [1.807, 2.05) is 12.1 Å². The molecule has 0 bridgehead atoms. The molecule has 0 radical (unpaired) electrons. The first kappa shape index (κ1) is 15.3. The Hall–Kier alpha value is -0.550. The van der Waals surface area contributed by atoms with Gasteiger partial charge in [0.2, 0.25) is 0 Å². The number of nitrogens with one attached hydrogen (secondary N) is 1. The van der Waals surface area contributed by atoms with Crippen molar-refractivity contribution in [1.82, 2.24) is 5.32 Å². The molecule has 112 valence electrons. The van der Waals surface area contributed by atoms with Crippen LogP contribution in [0.5, 0.6) is 5.75 Å². The van der Waals surface area contributed by atoms with Gasteiger partial charge in [-0.05, 0) is 41.0 Å². The first-order valence-electron chi connectivity index (χ1n) is 7.10. The van der Waals surface area contributed by atoms with Crippen LogP contribution in [0, 0.1) is 0 Å². The van der Waals surface area contributed by atoms with Gasteiger partial charge in [-0.2, -0.15) is 0 Å². The second kappa shape index (κ2) is 6.69. The van der Waals surface area contributed by atoms with Crippen molar-refractivity contribution in [2.75, 3.05) is 13.2 Å². The predicted molar refractivity (Wildman–Crippen MR) is 92.7 cm³/mol. The molecule has 5 heteroatoms. The van der Waals surface area contributed by atoms with Crippen molar-refractivity contribution < 1.29 is 4.74 Å². The lowest BCUT2D eigenvalue weighted by molar-refractivity contribution is 0.301. The Bertz CT molecular complexity index is 611. The van der Waals surface area contributed by atoms with Crippen molar-refractivity contribution in [3.63, 3.8) is 0 Å². The van der Waals surface area contributed by atoms with Gasteiger partial charge in [0.25, 0.3) is 0 Å². The van der Waals surface area contributed by atoms with Gasteiger partial charge in [0, 0.05) is 16.4 Å². The topological polar surface area (TPSA) is 21.3 Å². The van der Waals surface area contributed by atoms with E-state index >= 15 is 0 Å². The van der Waals surface area contributed by atoms with Crippen LogP contribution in [0.2, 0.25) is 5.02 Å². The molecular weight excluding hydrogens is 370 g/mol. The number of halogens is 2. The molecule has 1 aromatic heterocycles. The highest BCUT2D eigenvalue weighted by molar-refractivity contribution is 9.11. The standard InChI is InChI=1S/C16H17BrClNOS/c1-2-7-19-15(14-8-12(18)16(17)21-14)11-9-20-13-6-4-3-5-10(11)13/h3-6,8,11,15,19H,2,7,9H2,1H3. The molecule has 2 aromatic rings. The van der Waals surface area contributed by atoms with E-state index in [0.717, 1.165) is 27.5 Å². The van der Waals surface area contributed by atoms with Gasteiger partial charge in [0.1, 0.15) is 5.75 Å². The Morgan fingerprint density at radius 2 is 2.29 bits per heavy atom. The molecular formula is C16H17BrClNOS. The summed E-state index contributed by atoms with van der Waals surface area (Å²) >= 11 is 11.4. The lowest BCUT2D eigenvalue weighted by Gasteiger charge is -2.23. The third kappa shape index (κ3) is 3.14. The normalized spacial score (nSPS) is 18.3. The minimum absolute atomic E-state index is 0.238. The second-order valence-electron chi connectivity index (χ2n) is 5.16. The monoisotopic (exact) mass is 385 g/mol. The Kier molecular flexibility index (Phi) is 4.89. The number of thiophene rings is 1. The highest BCUT2D eigenvalue weighted by Crippen LogP contribution is 2.45. The van der Waals surface area contributed by atoms with Crippen molar-refractivity contribution in [3.05, 3.63) is 49.6 Å². The van der Waals surface area contributed by atoms with Crippen LogP contribution in [0.4, 0.5) is 0 Å². The van der Waals surface area contributed by atoms with Crippen molar-refractivity contribution in [2.45, 2.75) is 25.3 Å². The third-order valence-electron chi connectivity index (χ3n) is 3.72. The zero-order chi connectivity index (χ0) is 14.8. The predicted octanol–water partition coefficient (Wildman–Crippen LogP) is 5.38. The fraction of sp³-hybridized carbons (Fsp3) is 0.375. The zero-order valence-corrected chi connectivity index (χ0v) is 14.9. The lowest BCUT2D eigenvalue weighted by atomic mass is 9.92. The maximum atomic E-state index is 6.22. The molecule has 0 saturated carbocycles. The maximum Gasteiger partial charge on any atom is 0.122 e. The van der Waals surface area contributed by atoms with Gasteiger partial charge >= 0.3 is 0 Å². The maximum absolute atomic E-state index is 6.22. The number of para-hydroxylation sites is 1. The molecule has 2 unspecified atom stereocenters. The van der Waals surface area contributed by atoms with Crippen LogP contribution in [-0.2, 0) is 0 Å². The number of ether oxygens (including phenoxy) is 1. The number of benzene rings is 1. The highest BCUT2D eigenvalue weighted by Gasteiger charge is 2.33. The van der Waals surface area contributed by atoms with Crippen molar-refractivity contribution >= 4 is 38.9 Å². The van der Waals surface area contributed by atoms with Gasteiger partial charge in [-0.25, -0.2) is 0 Å². The molecule has 2 atom stereocenters. The number of hydrogen-bond donors (Lipinski definition) is 1. The van der Waals surface area contributed by atoms with Crippen LogP contribution >= 0.6 is 38.9 Å². The van der Waals surface area contributed by atoms with Crippen molar-refractivity contribution in [1.29, 1.82) is 0 Å². The summed E-state index contributed by atoms with van der Waals surface area (Å²) in [7, 11) is 0. The Balaban J connectivity index is 1.93. The van der Waals surface area contributed by atoms with E-state index in [2.05, 4.69) is 46.4 Å². The lowest BCUT2D eigenvalue weighted by Crippen LogP contribution is -2.28. The quantitative estimate of drug-likeness (QED) is 0.744. The molecule has 1 aromatic carbocycles. The summed E-state index contributed by atoms with van der Waals surface area (Å²) in [5.41, 5.74) is 1.28. The largest absolute Gasteiger partial charge is 0.493 e. The molecule has 1 N–H and O–H groups in total. The van der Waals surface area contributed by atoms with Gasteiger partial charge < -0.3 is 10.1 Å². The summed E-state index contributed by atoms with van der Waals surface area (Å²) in [6.07, 6.45) is 1.10. The molecule has 1 aliphatic rings. The third-order valence-corrected chi connectivity index (χ3v) is 6.28. The van der Waals surface area contributed by atoms with Crippen molar-refractivity contribution in [3.8, 4) is 5.75 Å². The minimum atomic E-state index is 0.238. The molecule has 2 heterocycles. The first-order chi connectivity index (χ1) is 10.2. The highest BCUT2D eigenvalue weighted by atomic mass is 79.9. The van der Waals surface area contributed by atoms with Crippen LogP contribution in [0.15, 0.2) is 34.1 Å². The fourth-order valence-corrected chi connectivity index (χ4v) is 4.61. The Morgan fingerprint density at radius 3 is 3.00 bits per heavy atom. The molecule has 0 amide bonds. The van der Waals surface area contributed by atoms with E-state index in [1.54, 1.807) is 11.3 Å². The van der Waals surface area contributed by atoms with Crippen LogP contribution < -0.4 is 10.1 Å². The fourth-order valence-electron chi connectivity index (χ4n) is 2.72. The van der Waals surface area contributed by atoms with Crippen LogP contribution in [0.1, 0.15) is 35.7 Å². The van der Waals surface area contributed by atoms with E-state index in [0.29, 0.717) is 12.5 Å². The van der Waals surface area contributed by atoms with E-state index in [1.165, 1.54) is 10.4 Å². The minimum Gasteiger partial charge on any atom is -0.493 e.